The maximum atomic E-state index is 12.1. The Morgan fingerprint density at radius 1 is 1.18 bits per heavy atom. The van der Waals surface area contributed by atoms with Crippen molar-refractivity contribution in [3.05, 3.63) is 34.9 Å². The first-order valence-corrected chi connectivity index (χ1v) is 6.55. The zero-order chi connectivity index (χ0) is 12.3. The molecule has 2 rings (SSSR count). The highest BCUT2D eigenvalue weighted by Gasteiger charge is 2.30. The van der Waals surface area contributed by atoms with E-state index in [1.165, 1.54) is 6.42 Å². The van der Waals surface area contributed by atoms with Gasteiger partial charge in [-0.1, -0.05) is 30.9 Å². The number of nitrogens with two attached hydrogens (primary N) is 1. The lowest BCUT2D eigenvalue weighted by atomic mass is 9.78. The molecule has 1 saturated carbocycles. The molecule has 0 spiro atoms. The van der Waals surface area contributed by atoms with E-state index in [2.05, 4.69) is 0 Å². The monoisotopic (exact) mass is 251 g/mol. The van der Waals surface area contributed by atoms with Gasteiger partial charge < -0.3 is 5.73 Å². The topological polar surface area (TPSA) is 43.1 Å². The SMILES string of the molecule is NC1(CC(=O)c2ccc(Cl)cc2)CCCCC1. The summed E-state index contributed by atoms with van der Waals surface area (Å²) in [6.07, 6.45) is 5.91. The van der Waals surface area contributed by atoms with Gasteiger partial charge in [-0.15, -0.1) is 0 Å². The van der Waals surface area contributed by atoms with Gasteiger partial charge in [0.05, 0.1) is 0 Å². The molecule has 0 bridgehead atoms. The van der Waals surface area contributed by atoms with Crippen molar-refractivity contribution < 1.29 is 4.79 Å². The number of halogens is 1. The number of carbonyl (C=O) groups is 1. The van der Waals surface area contributed by atoms with Crippen molar-refractivity contribution in [1.82, 2.24) is 0 Å². The van der Waals surface area contributed by atoms with Crippen molar-refractivity contribution in [2.24, 2.45) is 5.73 Å². The van der Waals surface area contributed by atoms with Gasteiger partial charge in [0.25, 0.3) is 0 Å². The third-order valence-corrected chi connectivity index (χ3v) is 3.78. The summed E-state index contributed by atoms with van der Waals surface area (Å²) in [6.45, 7) is 0. The molecule has 1 aliphatic carbocycles. The first-order chi connectivity index (χ1) is 8.09. The second-order valence-corrected chi connectivity index (χ2v) is 5.47. The van der Waals surface area contributed by atoms with Gasteiger partial charge in [-0.05, 0) is 37.1 Å². The number of Topliss-reactive ketones (excluding diaryl/α,β-unsaturated/α-hetero) is 1. The van der Waals surface area contributed by atoms with Gasteiger partial charge >= 0.3 is 0 Å². The van der Waals surface area contributed by atoms with Gasteiger partial charge in [-0.2, -0.15) is 0 Å². The molecule has 1 aromatic carbocycles. The van der Waals surface area contributed by atoms with Crippen LogP contribution in [-0.2, 0) is 0 Å². The molecule has 2 N–H and O–H groups in total. The van der Waals surface area contributed by atoms with E-state index in [0.717, 1.165) is 25.7 Å². The molecule has 0 aromatic heterocycles. The molecule has 0 unspecified atom stereocenters. The maximum Gasteiger partial charge on any atom is 0.164 e. The number of rotatable bonds is 3. The Hall–Kier alpha value is -0.860. The highest BCUT2D eigenvalue weighted by molar-refractivity contribution is 6.30. The minimum Gasteiger partial charge on any atom is -0.325 e. The van der Waals surface area contributed by atoms with E-state index < -0.39 is 0 Å². The molecule has 0 radical (unpaired) electrons. The van der Waals surface area contributed by atoms with Crippen LogP contribution in [0.25, 0.3) is 0 Å². The van der Waals surface area contributed by atoms with Crippen LogP contribution < -0.4 is 5.73 Å². The summed E-state index contributed by atoms with van der Waals surface area (Å²) in [7, 11) is 0. The summed E-state index contributed by atoms with van der Waals surface area (Å²) in [5, 5.41) is 0.654. The molecule has 0 heterocycles. The van der Waals surface area contributed by atoms with Crippen LogP contribution in [0.2, 0.25) is 5.02 Å². The summed E-state index contributed by atoms with van der Waals surface area (Å²) < 4.78 is 0. The Morgan fingerprint density at radius 2 is 1.76 bits per heavy atom. The Kier molecular flexibility index (Phi) is 3.85. The van der Waals surface area contributed by atoms with E-state index in [9.17, 15) is 4.79 Å². The van der Waals surface area contributed by atoms with Crippen LogP contribution >= 0.6 is 11.6 Å². The summed E-state index contributed by atoms with van der Waals surface area (Å²) in [4.78, 5) is 12.1. The van der Waals surface area contributed by atoms with Crippen molar-refractivity contribution in [1.29, 1.82) is 0 Å². The standard InChI is InChI=1S/C14H18ClNO/c15-12-6-4-11(5-7-12)13(17)10-14(16)8-2-1-3-9-14/h4-7H,1-3,8-10,16H2. The average Bonchev–Trinajstić information content (AvgIpc) is 2.30. The summed E-state index contributed by atoms with van der Waals surface area (Å²) in [5.74, 6) is 0.131. The molecule has 2 nitrogen and oxygen atoms in total. The quantitative estimate of drug-likeness (QED) is 0.835. The van der Waals surface area contributed by atoms with Crippen LogP contribution in [0.5, 0.6) is 0 Å². The Bertz CT molecular complexity index is 393. The number of carbonyl (C=O) groups excluding carboxylic acids is 1. The molecular formula is C14H18ClNO. The molecule has 17 heavy (non-hydrogen) atoms. The lowest BCUT2D eigenvalue weighted by Crippen LogP contribution is -2.43. The number of hydrogen-bond donors (Lipinski definition) is 1. The summed E-state index contributed by atoms with van der Waals surface area (Å²) >= 11 is 5.80. The fourth-order valence-electron chi connectivity index (χ4n) is 2.49. The molecule has 1 fully saturated rings. The van der Waals surface area contributed by atoms with Gasteiger partial charge in [0.15, 0.2) is 5.78 Å². The van der Waals surface area contributed by atoms with Crippen molar-refractivity contribution in [2.75, 3.05) is 0 Å². The molecule has 0 aliphatic heterocycles. The Labute approximate surface area is 107 Å². The van der Waals surface area contributed by atoms with Crippen molar-refractivity contribution in [2.45, 2.75) is 44.1 Å². The second-order valence-electron chi connectivity index (χ2n) is 5.03. The van der Waals surface area contributed by atoms with Crippen LogP contribution in [0.4, 0.5) is 0 Å². The number of hydrogen-bond acceptors (Lipinski definition) is 2. The zero-order valence-corrected chi connectivity index (χ0v) is 10.7. The number of benzene rings is 1. The van der Waals surface area contributed by atoms with E-state index >= 15 is 0 Å². The first-order valence-electron chi connectivity index (χ1n) is 6.17. The molecule has 1 aliphatic rings. The largest absolute Gasteiger partial charge is 0.325 e. The van der Waals surface area contributed by atoms with E-state index in [1.54, 1.807) is 24.3 Å². The normalized spacial score (nSPS) is 18.9. The summed E-state index contributed by atoms with van der Waals surface area (Å²) in [5.41, 5.74) is 6.71. The van der Waals surface area contributed by atoms with Crippen LogP contribution in [0.1, 0.15) is 48.9 Å². The van der Waals surface area contributed by atoms with Crippen LogP contribution in [-0.4, -0.2) is 11.3 Å². The predicted octanol–water partition coefficient (Wildman–Crippen LogP) is 3.57. The van der Waals surface area contributed by atoms with Crippen LogP contribution in [0.15, 0.2) is 24.3 Å². The zero-order valence-electron chi connectivity index (χ0n) is 9.92. The van der Waals surface area contributed by atoms with Crippen LogP contribution in [0, 0.1) is 0 Å². The van der Waals surface area contributed by atoms with E-state index in [0.29, 0.717) is 17.0 Å². The van der Waals surface area contributed by atoms with E-state index in [1.807, 2.05) is 0 Å². The van der Waals surface area contributed by atoms with Gasteiger partial charge in [0.1, 0.15) is 0 Å². The molecule has 0 saturated heterocycles. The lowest BCUT2D eigenvalue weighted by molar-refractivity contribution is 0.0934. The van der Waals surface area contributed by atoms with Gasteiger partial charge in [0.2, 0.25) is 0 Å². The van der Waals surface area contributed by atoms with Crippen molar-refractivity contribution >= 4 is 17.4 Å². The van der Waals surface area contributed by atoms with Crippen molar-refractivity contribution in [3.63, 3.8) is 0 Å². The van der Waals surface area contributed by atoms with Gasteiger partial charge in [0, 0.05) is 22.5 Å². The number of ketones is 1. The highest BCUT2D eigenvalue weighted by Crippen LogP contribution is 2.29. The van der Waals surface area contributed by atoms with Crippen molar-refractivity contribution in [3.8, 4) is 0 Å². The molecule has 1 aromatic rings. The van der Waals surface area contributed by atoms with Gasteiger partial charge in [-0.25, -0.2) is 0 Å². The molecule has 92 valence electrons. The lowest BCUT2D eigenvalue weighted by Gasteiger charge is -2.32. The summed E-state index contributed by atoms with van der Waals surface area (Å²) in [6, 6.07) is 7.05. The van der Waals surface area contributed by atoms with Gasteiger partial charge in [-0.3, -0.25) is 4.79 Å². The third-order valence-electron chi connectivity index (χ3n) is 3.53. The van der Waals surface area contributed by atoms with Crippen LogP contribution in [0.3, 0.4) is 0 Å². The molecular weight excluding hydrogens is 234 g/mol. The molecule has 0 atom stereocenters. The first kappa shape index (κ1) is 12.6. The highest BCUT2D eigenvalue weighted by atomic mass is 35.5. The molecule has 3 heteroatoms. The predicted molar refractivity (Wildman–Crippen MR) is 70.4 cm³/mol. The average molecular weight is 252 g/mol. The fraction of sp³-hybridized carbons (Fsp3) is 0.500. The van der Waals surface area contributed by atoms with E-state index in [-0.39, 0.29) is 11.3 Å². The third kappa shape index (κ3) is 3.30. The Balaban J connectivity index is 2.03. The fourth-order valence-corrected chi connectivity index (χ4v) is 2.62. The second kappa shape index (κ2) is 5.19. The molecule has 0 amide bonds. The smallest absolute Gasteiger partial charge is 0.164 e. The minimum atomic E-state index is -0.283. The Morgan fingerprint density at radius 3 is 2.35 bits per heavy atom. The van der Waals surface area contributed by atoms with E-state index in [4.69, 9.17) is 17.3 Å². The maximum absolute atomic E-state index is 12.1. The minimum absolute atomic E-state index is 0.131.